The maximum absolute atomic E-state index is 12.7. The van der Waals surface area contributed by atoms with Crippen LogP contribution in [0.1, 0.15) is 37.1 Å². The van der Waals surface area contributed by atoms with Gasteiger partial charge in [0.15, 0.2) is 5.16 Å². The van der Waals surface area contributed by atoms with E-state index >= 15 is 0 Å². The topological polar surface area (TPSA) is 64.0 Å². The number of rotatable bonds is 5. The Morgan fingerprint density at radius 3 is 3.00 bits per heavy atom. The van der Waals surface area contributed by atoms with E-state index in [0.29, 0.717) is 11.7 Å². The molecule has 0 bridgehead atoms. The first-order valence-corrected chi connectivity index (χ1v) is 9.68. The first-order valence-electron chi connectivity index (χ1n) is 7.98. The lowest BCUT2D eigenvalue weighted by Crippen LogP contribution is -2.32. The van der Waals surface area contributed by atoms with Crippen molar-refractivity contribution in [1.82, 2.24) is 14.9 Å². The molecule has 0 fully saturated rings. The fourth-order valence-electron chi connectivity index (χ4n) is 2.81. The Balaban J connectivity index is 1.92. The van der Waals surface area contributed by atoms with Crippen LogP contribution >= 0.6 is 23.1 Å². The van der Waals surface area contributed by atoms with Gasteiger partial charge in [0.1, 0.15) is 4.83 Å². The zero-order chi connectivity index (χ0) is 16.6. The van der Waals surface area contributed by atoms with Crippen molar-refractivity contribution in [3.05, 3.63) is 20.8 Å². The minimum atomic E-state index is -0.274. The molecule has 23 heavy (non-hydrogen) atoms. The molecule has 0 saturated heterocycles. The second-order valence-corrected chi connectivity index (χ2v) is 8.24. The lowest BCUT2D eigenvalue weighted by atomic mass is 10.2. The Kier molecular flexibility index (Phi) is 4.77. The third-order valence-corrected chi connectivity index (χ3v) is 6.44. The predicted octanol–water partition coefficient (Wildman–Crippen LogP) is 2.49. The van der Waals surface area contributed by atoms with Gasteiger partial charge < -0.3 is 5.32 Å². The molecule has 0 spiro atoms. The maximum Gasteiger partial charge on any atom is 0.262 e. The van der Waals surface area contributed by atoms with E-state index in [4.69, 9.17) is 0 Å². The molecule has 0 unspecified atom stereocenters. The van der Waals surface area contributed by atoms with E-state index in [1.807, 2.05) is 13.8 Å². The van der Waals surface area contributed by atoms with Gasteiger partial charge in [0.2, 0.25) is 5.91 Å². The van der Waals surface area contributed by atoms with E-state index < -0.39 is 0 Å². The minimum Gasteiger partial charge on any atom is -0.355 e. The minimum absolute atomic E-state index is 0.0121. The highest BCUT2D eigenvalue weighted by molar-refractivity contribution is 8.00. The molecular formula is C16H21N3O2S2. The third kappa shape index (κ3) is 3.04. The van der Waals surface area contributed by atoms with Crippen molar-refractivity contribution in [2.24, 2.45) is 7.05 Å². The fourth-order valence-corrected chi connectivity index (χ4v) is 5.02. The van der Waals surface area contributed by atoms with E-state index in [1.54, 1.807) is 23.0 Å². The van der Waals surface area contributed by atoms with Gasteiger partial charge in [0, 0.05) is 18.5 Å². The van der Waals surface area contributed by atoms with Crippen LogP contribution in [0.2, 0.25) is 0 Å². The molecule has 5 nitrogen and oxygen atoms in total. The first kappa shape index (κ1) is 16.5. The van der Waals surface area contributed by atoms with Gasteiger partial charge in [0.05, 0.1) is 10.6 Å². The standard InChI is InChI=1S/C16H21N3O2S2/c1-4-8-17-13(20)9(2)22-16-18-14-12(15(21)19(16)3)10-6-5-7-11(10)23-14/h9H,4-8H2,1-3H3,(H,17,20)/t9-/m1/s1. The van der Waals surface area contributed by atoms with Crippen LogP contribution < -0.4 is 10.9 Å². The number of aryl methyl sites for hydroxylation is 2. The molecule has 2 aromatic heterocycles. The summed E-state index contributed by atoms with van der Waals surface area (Å²) in [5.74, 6) is -0.0140. The Hall–Kier alpha value is -1.34. The average molecular weight is 351 g/mol. The van der Waals surface area contributed by atoms with Crippen molar-refractivity contribution >= 4 is 39.2 Å². The molecule has 1 N–H and O–H groups in total. The van der Waals surface area contributed by atoms with Crippen LogP contribution in [-0.2, 0) is 24.7 Å². The van der Waals surface area contributed by atoms with Gasteiger partial charge in [-0.3, -0.25) is 14.2 Å². The summed E-state index contributed by atoms with van der Waals surface area (Å²) in [6.45, 7) is 4.54. The normalized spacial score (nSPS) is 14.9. The SMILES string of the molecule is CCCNC(=O)[C@@H](C)Sc1nc2sc3c(c2c(=O)n1C)CCC3. The molecular weight excluding hydrogens is 330 g/mol. The van der Waals surface area contributed by atoms with Crippen molar-refractivity contribution < 1.29 is 4.79 Å². The zero-order valence-electron chi connectivity index (χ0n) is 13.6. The van der Waals surface area contributed by atoms with E-state index in [-0.39, 0.29) is 16.7 Å². The maximum atomic E-state index is 12.7. The number of hydrogen-bond acceptors (Lipinski definition) is 5. The number of aromatic nitrogens is 2. The largest absolute Gasteiger partial charge is 0.355 e. The highest BCUT2D eigenvalue weighted by Crippen LogP contribution is 2.35. The molecule has 1 aliphatic rings. The molecule has 1 amide bonds. The molecule has 1 aliphatic carbocycles. The van der Waals surface area contributed by atoms with Gasteiger partial charge in [-0.1, -0.05) is 18.7 Å². The molecule has 2 heterocycles. The van der Waals surface area contributed by atoms with Gasteiger partial charge in [-0.15, -0.1) is 11.3 Å². The van der Waals surface area contributed by atoms with Crippen molar-refractivity contribution in [1.29, 1.82) is 0 Å². The number of carbonyl (C=O) groups excluding carboxylic acids is 1. The van der Waals surface area contributed by atoms with E-state index in [9.17, 15) is 9.59 Å². The Morgan fingerprint density at radius 2 is 2.26 bits per heavy atom. The molecule has 1 atom stereocenters. The van der Waals surface area contributed by atoms with Gasteiger partial charge in [-0.25, -0.2) is 4.98 Å². The summed E-state index contributed by atoms with van der Waals surface area (Å²) in [5.41, 5.74) is 1.21. The van der Waals surface area contributed by atoms with Crippen molar-refractivity contribution in [3.63, 3.8) is 0 Å². The summed E-state index contributed by atoms with van der Waals surface area (Å²) in [6, 6.07) is 0. The number of thiophene rings is 1. The molecule has 7 heteroatoms. The Bertz CT molecular complexity index is 810. The number of fused-ring (bicyclic) bond motifs is 3. The fraction of sp³-hybridized carbons (Fsp3) is 0.562. The smallest absolute Gasteiger partial charge is 0.262 e. The van der Waals surface area contributed by atoms with Crippen molar-refractivity contribution in [2.45, 2.75) is 49.9 Å². The molecule has 0 aromatic carbocycles. The van der Waals surface area contributed by atoms with E-state index in [0.717, 1.165) is 35.9 Å². The summed E-state index contributed by atoms with van der Waals surface area (Å²) < 4.78 is 1.59. The van der Waals surface area contributed by atoms with Crippen LogP contribution in [0.5, 0.6) is 0 Å². The number of nitrogens with one attached hydrogen (secondary N) is 1. The highest BCUT2D eigenvalue weighted by atomic mass is 32.2. The predicted molar refractivity (Wildman–Crippen MR) is 95.5 cm³/mol. The quantitative estimate of drug-likeness (QED) is 0.664. The molecule has 0 radical (unpaired) electrons. The third-order valence-electron chi connectivity index (χ3n) is 4.11. The summed E-state index contributed by atoms with van der Waals surface area (Å²) in [6.07, 6.45) is 4.07. The zero-order valence-corrected chi connectivity index (χ0v) is 15.3. The summed E-state index contributed by atoms with van der Waals surface area (Å²) in [4.78, 5) is 31.5. The Labute approximate surface area is 143 Å². The molecule has 0 saturated carbocycles. The monoisotopic (exact) mass is 351 g/mol. The summed E-state index contributed by atoms with van der Waals surface area (Å²) >= 11 is 2.98. The lowest BCUT2D eigenvalue weighted by Gasteiger charge is -2.13. The molecule has 2 aromatic rings. The van der Waals surface area contributed by atoms with Gasteiger partial charge in [0.25, 0.3) is 5.56 Å². The van der Waals surface area contributed by atoms with Crippen molar-refractivity contribution in [3.8, 4) is 0 Å². The first-order chi connectivity index (χ1) is 11.0. The average Bonchev–Trinajstić information content (AvgIpc) is 3.10. The summed E-state index contributed by atoms with van der Waals surface area (Å²) in [5, 5.41) is 4.01. The molecule has 124 valence electrons. The van der Waals surface area contributed by atoms with Crippen LogP contribution in [0.4, 0.5) is 0 Å². The number of carbonyl (C=O) groups is 1. The second kappa shape index (κ2) is 6.65. The van der Waals surface area contributed by atoms with E-state index in [1.165, 1.54) is 22.2 Å². The number of thioether (sulfide) groups is 1. The van der Waals surface area contributed by atoms with Crippen LogP contribution in [0.15, 0.2) is 9.95 Å². The second-order valence-electron chi connectivity index (χ2n) is 5.85. The summed E-state index contributed by atoms with van der Waals surface area (Å²) in [7, 11) is 1.74. The number of hydrogen-bond donors (Lipinski definition) is 1. The Morgan fingerprint density at radius 1 is 1.48 bits per heavy atom. The van der Waals surface area contributed by atoms with Gasteiger partial charge >= 0.3 is 0 Å². The number of amides is 1. The molecule has 0 aliphatic heterocycles. The van der Waals surface area contributed by atoms with Crippen LogP contribution in [0, 0.1) is 0 Å². The van der Waals surface area contributed by atoms with Crippen molar-refractivity contribution in [2.75, 3.05) is 6.54 Å². The van der Waals surface area contributed by atoms with Crippen LogP contribution in [0.25, 0.3) is 10.2 Å². The van der Waals surface area contributed by atoms with Gasteiger partial charge in [-0.05, 0) is 38.2 Å². The molecule has 3 rings (SSSR count). The lowest BCUT2D eigenvalue weighted by molar-refractivity contribution is -0.120. The van der Waals surface area contributed by atoms with Crippen LogP contribution in [-0.4, -0.2) is 27.3 Å². The van der Waals surface area contributed by atoms with Crippen LogP contribution in [0.3, 0.4) is 0 Å². The highest BCUT2D eigenvalue weighted by Gasteiger charge is 2.24. The number of nitrogens with zero attached hydrogens (tertiary/aromatic N) is 2. The van der Waals surface area contributed by atoms with Gasteiger partial charge in [-0.2, -0.15) is 0 Å². The van der Waals surface area contributed by atoms with E-state index in [2.05, 4.69) is 10.3 Å².